The Kier molecular flexibility index (Phi) is 3.07. The van der Waals surface area contributed by atoms with Gasteiger partial charge >= 0.3 is 0 Å². The van der Waals surface area contributed by atoms with Gasteiger partial charge in [-0.05, 0) is 18.6 Å². The largest absolute Gasteiger partial charge is 0.135 e. The lowest BCUT2D eigenvalue weighted by molar-refractivity contribution is 1.66. The number of allylic oxidation sites excluding steroid dienone is 2. The van der Waals surface area contributed by atoms with Gasteiger partial charge in [-0.25, -0.2) is 0 Å². The van der Waals surface area contributed by atoms with Gasteiger partial charge in [-0.15, -0.1) is 11.3 Å². The molecule has 1 heteroatoms. The molecule has 0 saturated carbocycles. The second-order valence-electron chi connectivity index (χ2n) is 3.63. The lowest BCUT2D eigenvalue weighted by Gasteiger charge is -1.87. The maximum Gasteiger partial charge on any atom is 0.0384 e. The van der Waals surface area contributed by atoms with Crippen LogP contribution in [0, 0.1) is 0 Å². The molecular weight excluding hydrogens is 212 g/mol. The molecule has 16 heavy (non-hydrogen) atoms. The highest BCUT2D eigenvalue weighted by molar-refractivity contribution is 7.17. The van der Waals surface area contributed by atoms with Gasteiger partial charge in [0.1, 0.15) is 0 Å². The van der Waals surface area contributed by atoms with Crippen LogP contribution in [0.25, 0.3) is 21.7 Å². The Balaban J connectivity index is 3.07. The van der Waals surface area contributed by atoms with E-state index in [1.54, 1.807) is 0 Å². The summed E-state index contributed by atoms with van der Waals surface area (Å²) < 4.78 is 2.60. The van der Waals surface area contributed by atoms with Crippen LogP contribution in [0.15, 0.2) is 49.6 Å². The monoisotopic (exact) mass is 226 g/mol. The SMILES string of the molecule is C=C/C=c1\c(=C(\C)C=C)sc2ccccc12. The van der Waals surface area contributed by atoms with Gasteiger partial charge in [-0.2, -0.15) is 0 Å². The zero-order valence-corrected chi connectivity index (χ0v) is 10.2. The van der Waals surface area contributed by atoms with Crippen LogP contribution in [0.5, 0.6) is 0 Å². The van der Waals surface area contributed by atoms with Gasteiger partial charge in [0.25, 0.3) is 0 Å². The summed E-state index contributed by atoms with van der Waals surface area (Å²) >= 11 is 1.81. The van der Waals surface area contributed by atoms with Crippen molar-refractivity contribution in [1.29, 1.82) is 0 Å². The Morgan fingerprint density at radius 3 is 2.69 bits per heavy atom. The molecular formula is C15H14S. The molecule has 0 spiro atoms. The van der Waals surface area contributed by atoms with E-state index in [0.717, 1.165) is 0 Å². The standard InChI is InChI=1S/C15H14S/c1-4-8-13-12-9-6-7-10-14(12)16-15(13)11(3)5-2/h4-10H,1-2H2,3H3/b13-8-,15-11+. The van der Waals surface area contributed by atoms with Crippen molar-refractivity contribution in [1.82, 2.24) is 0 Å². The molecule has 0 amide bonds. The lowest BCUT2D eigenvalue weighted by Crippen LogP contribution is -2.19. The van der Waals surface area contributed by atoms with Crippen molar-refractivity contribution in [3.63, 3.8) is 0 Å². The molecule has 0 N–H and O–H groups in total. The first-order chi connectivity index (χ1) is 7.77. The molecule has 0 bridgehead atoms. The van der Waals surface area contributed by atoms with Crippen LogP contribution >= 0.6 is 11.3 Å². The Morgan fingerprint density at radius 2 is 2.00 bits per heavy atom. The second kappa shape index (κ2) is 4.50. The molecule has 1 aromatic heterocycles. The third-order valence-electron chi connectivity index (χ3n) is 2.58. The van der Waals surface area contributed by atoms with Crippen molar-refractivity contribution in [3.8, 4) is 0 Å². The summed E-state index contributed by atoms with van der Waals surface area (Å²) in [5, 5.41) is 2.55. The van der Waals surface area contributed by atoms with Gasteiger partial charge in [0.15, 0.2) is 0 Å². The highest BCUT2D eigenvalue weighted by Crippen LogP contribution is 2.13. The summed E-state index contributed by atoms with van der Waals surface area (Å²) in [4.78, 5) is 0. The molecule has 0 unspecified atom stereocenters. The van der Waals surface area contributed by atoms with Crippen molar-refractivity contribution >= 4 is 33.1 Å². The first-order valence-corrected chi connectivity index (χ1v) is 6.03. The summed E-state index contributed by atoms with van der Waals surface area (Å²) in [6.45, 7) is 9.72. The first kappa shape index (κ1) is 10.9. The molecule has 0 nitrogen and oxygen atoms in total. The maximum atomic E-state index is 3.84. The molecule has 1 aromatic carbocycles. The van der Waals surface area contributed by atoms with Crippen LogP contribution in [0.2, 0.25) is 0 Å². The number of fused-ring (bicyclic) bond motifs is 1. The molecule has 80 valence electrons. The van der Waals surface area contributed by atoms with Crippen LogP contribution in [0.3, 0.4) is 0 Å². The molecule has 2 rings (SSSR count). The minimum absolute atomic E-state index is 1.22. The van der Waals surface area contributed by atoms with Gasteiger partial charge in [0.05, 0.1) is 0 Å². The predicted octanol–water partition coefficient (Wildman–Crippen LogP) is 3.22. The minimum atomic E-state index is 1.22. The molecule has 0 fully saturated rings. The summed E-state index contributed by atoms with van der Waals surface area (Å²) in [7, 11) is 0. The van der Waals surface area contributed by atoms with E-state index in [1.165, 1.54) is 25.4 Å². The van der Waals surface area contributed by atoms with Crippen molar-refractivity contribution in [2.24, 2.45) is 0 Å². The van der Waals surface area contributed by atoms with Crippen molar-refractivity contribution < 1.29 is 0 Å². The van der Waals surface area contributed by atoms with E-state index in [4.69, 9.17) is 0 Å². The summed E-state index contributed by atoms with van der Waals surface area (Å²) in [6, 6.07) is 8.45. The number of hydrogen-bond acceptors (Lipinski definition) is 1. The van der Waals surface area contributed by atoms with Crippen molar-refractivity contribution in [3.05, 3.63) is 59.3 Å². The van der Waals surface area contributed by atoms with E-state index in [0.29, 0.717) is 0 Å². The summed E-state index contributed by atoms with van der Waals surface area (Å²) in [5.41, 5.74) is 1.22. The number of thiophene rings is 1. The maximum absolute atomic E-state index is 3.84. The zero-order chi connectivity index (χ0) is 11.5. The Bertz CT molecular complexity index is 656. The smallest absolute Gasteiger partial charge is 0.0384 e. The van der Waals surface area contributed by atoms with Gasteiger partial charge in [0, 0.05) is 19.8 Å². The summed E-state index contributed by atoms with van der Waals surface area (Å²) in [5.74, 6) is 0. The van der Waals surface area contributed by atoms with E-state index in [2.05, 4.69) is 50.4 Å². The van der Waals surface area contributed by atoms with Crippen molar-refractivity contribution in [2.75, 3.05) is 0 Å². The molecule has 0 aliphatic carbocycles. The fraction of sp³-hybridized carbons (Fsp3) is 0.0667. The number of hydrogen-bond donors (Lipinski definition) is 0. The van der Waals surface area contributed by atoms with E-state index in [1.807, 2.05) is 23.5 Å². The normalized spacial score (nSPS) is 13.9. The van der Waals surface area contributed by atoms with E-state index in [-0.39, 0.29) is 0 Å². The molecule has 0 radical (unpaired) electrons. The Morgan fingerprint density at radius 1 is 1.25 bits per heavy atom. The van der Waals surface area contributed by atoms with E-state index in [9.17, 15) is 0 Å². The van der Waals surface area contributed by atoms with Crippen molar-refractivity contribution in [2.45, 2.75) is 6.92 Å². The van der Waals surface area contributed by atoms with E-state index >= 15 is 0 Å². The fourth-order valence-corrected chi connectivity index (χ4v) is 2.92. The highest BCUT2D eigenvalue weighted by atomic mass is 32.1. The Labute approximate surface area is 99.5 Å². The highest BCUT2D eigenvalue weighted by Gasteiger charge is 2.00. The van der Waals surface area contributed by atoms with Crippen LogP contribution in [-0.4, -0.2) is 0 Å². The van der Waals surface area contributed by atoms with Crippen LogP contribution < -0.4 is 9.75 Å². The third-order valence-corrected chi connectivity index (χ3v) is 3.90. The van der Waals surface area contributed by atoms with Crippen LogP contribution in [0.1, 0.15) is 6.92 Å². The zero-order valence-electron chi connectivity index (χ0n) is 9.36. The van der Waals surface area contributed by atoms with Crippen LogP contribution in [-0.2, 0) is 0 Å². The van der Waals surface area contributed by atoms with Gasteiger partial charge < -0.3 is 0 Å². The van der Waals surface area contributed by atoms with Gasteiger partial charge in [-0.1, -0.05) is 49.6 Å². The van der Waals surface area contributed by atoms with Gasteiger partial charge in [-0.3, -0.25) is 0 Å². The minimum Gasteiger partial charge on any atom is -0.135 e. The quantitative estimate of drug-likeness (QED) is 0.737. The average Bonchev–Trinajstić information content (AvgIpc) is 2.68. The topological polar surface area (TPSA) is 0 Å². The third kappa shape index (κ3) is 1.74. The fourth-order valence-electron chi connectivity index (χ4n) is 1.73. The molecule has 0 saturated heterocycles. The summed E-state index contributed by atoms with van der Waals surface area (Å²) in [6.07, 6.45) is 5.82. The molecule has 0 atom stereocenters. The number of benzene rings is 1. The van der Waals surface area contributed by atoms with Crippen LogP contribution in [0.4, 0.5) is 0 Å². The predicted molar refractivity (Wildman–Crippen MR) is 75.0 cm³/mol. The van der Waals surface area contributed by atoms with Gasteiger partial charge in [0.2, 0.25) is 0 Å². The second-order valence-corrected chi connectivity index (χ2v) is 4.68. The molecule has 2 aromatic rings. The van der Waals surface area contributed by atoms with E-state index < -0.39 is 0 Å². The average molecular weight is 226 g/mol. The first-order valence-electron chi connectivity index (χ1n) is 5.21. The Hall–Kier alpha value is -1.60. The lowest BCUT2D eigenvalue weighted by atomic mass is 10.2. The molecule has 0 aliphatic heterocycles. The molecule has 0 aliphatic rings. The molecule has 1 heterocycles. The number of rotatable bonds is 2.